The number of aliphatic hydroxyl groups is 1. The van der Waals surface area contributed by atoms with E-state index in [0.717, 1.165) is 50.0 Å². The third kappa shape index (κ3) is 3.44. The number of pyridine rings is 1. The molecule has 1 aromatic carbocycles. The van der Waals surface area contributed by atoms with Gasteiger partial charge in [0.05, 0.1) is 6.10 Å². The Kier molecular flexibility index (Phi) is 4.88. The summed E-state index contributed by atoms with van der Waals surface area (Å²) in [5.74, 6) is 0.287. The number of aryl methyl sites for hydroxylation is 1. The lowest BCUT2D eigenvalue weighted by Gasteiger charge is -2.41. The maximum Gasteiger partial charge on any atom is 0.167 e. The molecule has 0 radical (unpaired) electrons. The van der Waals surface area contributed by atoms with Crippen molar-refractivity contribution in [2.75, 3.05) is 13.1 Å². The Morgan fingerprint density at radius 1 is 1.08 bits per heavy atom. The maximum absolute atomic E-state index is 12.7. The first-order chi connectivity index (χ1) is 12.6. The lowest BCUT2D eigenvalue weighted by molar-refractivity contribution is 0.0239. The van der Waals surface area contributed by atoms with Crippen molar-refractivity contribution in [3.8, 4) is 0 Å². The van der Waals surface area contributed by atoms with Crippen LogP contribution in [0.1, 0.15) is 40.0 Å². The number of aliphatic hydroxyl groups excluding tert-OH is 1. The number of nitrogens with zero attached hydrogens (tertiary/aromatic N) is 2. The van der Waals surface area contributed by atoms with Crippen LogP contribution in [0.25, 0.3) is 0 Å². The quantitative estimate of drug-likeness (QED) is 0.865. The van der Waals surface area contributed by atoms with Gasteiger partial charge in [0.2, 0.25) is 0 Å². The van der Waals surface area contributed by atoms with Crippen molar-refractivity contribution in [1.29, 1.82) is 0 Å². The Hall–Kier alpha value is -2.04. The molecule has 1 fully saturated rings. The van der Waals surface area contributed by atoms with Gasteiger partial charge in [0.15, 0.2) is 5.78 Å². The van der Waals surface area contributed by atoms with Crippen molar-refractivity contribution in [2.45, 2.75) is 44.8 Å². The number of carbonyl (C=O) groups is 1. The van der Waals surface area contributed by atoms with Crippen molar-refractivity contribution in [1.82, 2.24) is 9.88 Å². The number of rotatable bonds is 3. The molecule has 2 heterocycles. The first-order valence-corrected chi connectivity index (χ1v) is 9.57. The topological polar surface area (TPSA) is 53.4 Å². The molecule has 2 aromatic rings. The average molecular weight is 350 g/mol. The van der Waals surface area contributed by atoms with Gasteiger partial charge in [0.1, 0.15) is 0 Å². The summed E-state index contributed by atoms with van der Waals surface area (Å²) in [7, 11) is 0. The lowest BCUT2D eigenvalue weighted by Crippen LogP contribution is -2.51. The summed E-state index contributed by atoms with van der Waals surface area (Å²) in [5, 5.41) is 10.6. The molecule has 0 unspecified atom stereocenters. The van der Waals surface area contributed by atoms with E-state index < -0.39 is 0 Å². The zero-order valence-electron chi connectivity index (χ0n) is 15.3. The number of ketones is 1. The molecule has 1 saturated heterocycles. The maximum atomic E-state index is 12.7. The predicted octanol–water partition coefficient (Wildman–Crippen LogP) is 2.81. The first kappa shape index (κ1) is 17.4. The van der Waals surface area contributed by atoms with Gasteiger partial charge in [0, 0.05) is 35.8 Å². The number of benzene rings is 1. The third-order valence-electron chi connectivity index (χ3n) is 5.99. The molecule has 2 atom stereocenters. The Morgan fingerprint density at radius 2 is 1.77 bits per heavy atom. The minimum Gasteiger partial charge on any atom is -0.391 e. The minimum atomic E-state index is -0.321. The summed E-state index contributed by atoms with van der Waals surface area (Å²) in [5.41, 5.74) is 4.28. The zero-order chi connectivity index (χ0) is 18.1. The fraction of sp³-hybridized carbons (Fsp3) is 0.455. The number of piperidine rings is 1. The number of Topliss-reactive ketones (excluding diaryl/α,β-unsaturated/α-hetero) is 1. The molecule has 1 N–H and O–H groups in total. The van der Waals surface area contributed by atoms with Crippen LogP contribution >= 0.6 is 0 Å². The predicted molar refractivity (Wildman–Crippen MR) is 101 cm³/mol. The largest absolute Gasteiger partial charge is 0.391 e. The van der Waals surface area contributed by atoms with E-state index in [2.05, 4.69) is 28.1 Å². The molecule has 4 nitrogen and oxygen atoms in total. The molecule has 136 valence electrons. The lowest BCUT2D eigenvalue weighted by atomic mass is 9.83. The minimum absolute atomic E-state index is 0.0729. The van der Waals surface area contributed by atoms with Crippen LogP contribution in [0.15, 0.2) is 42.6 Å². The molecule has 4 rings (SSSR count). The third-order valence-corrected chi connectivity index (χ3v) is 5.99. The van der Waals surface area contributed by atoms with Crippen LogP contribution in [0, 0.1) is 12.8 Å². The van der Waals surface area contributed by atoms with Crippen LogP contribution in [0.4, 0.5) is 0 Å². The van der Waals surface area contributed by atoms with Crippen molar-refractivity contribution in [2.24, 2.45) is 5.92 Å². The molecule has 0 bridgehead atoms. The van der Waals surface area contributed by atoms with Gasteiger partial charge in [-0.2, -0.15) is 0 Å². The number of likely N-dealkylation sites (tertiary alicyclic amines) is 1. The van der Waals surface area contributed by atoms with Gasteiger partial charge in [-0.05, 0) is 62.5 Å². The molecular weight excluding hydrogens is 324 g/mol. The van der Waals surface area contributed by atoms with E-state index in [1.807, 2.05) is 25.1 Å². The summed E-state index contributed by atoms with van der Waals surface area (Å²) in [6.45, 7) is 3.68. The van der Waals surface area contributed by atoms with Crippen molar-refractivity contribution < 1.29 is 9.90 Å². The summed E-state index contributed by atoms with van der Waals surface area (Å²) < 4.78 is 0. The van der Waals surface area contributed by atoms with E-state index in [9.17, 15) is 9.90 Å². The summed E-state index contributed by atoms with van der Waals surface area (Å²) in [4.78, 5) is 19.4. The van der Waals surface area contributed by atoms with Crippen LogP contribution in [-0.4, -0.2) is 46.0 Å². The van der Waals surface area contributed by atoms with E-state index >= 15 is 0 Å². The van der Waals surface area contributed by atoms with Crippen molar-refractivity contribution >= 4 is 5.78 Å². The smallest absolute Gasteiger partial charge is 0.167 e. The molecule has 1 aliphatic heterocycles. The molecule has 2 aliphatic rings. The van der Waals surface area contributed by atoms with Crippen LogP contribution in [0.5, 0.6) is 0 Å². The SMILES string of the molecule is Cc1ccc(C(=O)C2CCN([C@H]3Cc4ccccc4C[C@@H]3O)CC2)cn1. The number of hydrogen-bond donors (Lipinski definition) is 1. The van der Waals surface area contributed by atoms with Gasteiger partial charge in [-0.15, -0.1) is 0 Å². The van der Waals surface area contributed by atoms with E-state index in [-0.39, 0.29) is 23.8 Å². The van der Waals surface area contributed by atoms with Gasteiger partial charge in [0.25, 0.3) is 0 Å². The Labute approximate surface area is 154 Å². The Bertz CT molecular complexity index is 779. The van der Waals surface area contributed by atoms with Crippen LogP contribution in [0.3, 0.4) is 0 Å². The number of carbonyl (C=O) groups excluding carboxylic acids is 1. The molecule has 0 spiro atoms. The highest BCUT2D eigenvalue weighted by Gasteiger charge is 2.35. The fourth-order valence-electron chi connectivity index (χ4n) is 4.39. The summed E-state index contributed by atoms with van der Waals surface area (Å²) >= 11 is 0. The van der Waals surface area contributed by atoms with Crippen LogP contribution < -0.4 is 0 Å². The highest BCUT2D eigenvalue weighted by Crippen LogP contribution is 2.29. The summed E-state index contributed by atoms with van der Waals surface area (Å²) in [6.07, 6.45) is 4.73. The average Bonchev–Trinajstić information content (AvgIpc) is 2.68. The van der Waals surface area contributed by atoms with E-state index in [1.54, 1.807) is 6.20 Å². The Morgan fingerprint density at radius 3 is 2.42 bits per heavy atom. The first-order valence-electron chi connectivity index (χ1n) is 9.57. The Balaban J connectivity index is 1.39. The molecule has 1 aromatic heterocycles. The van der Waals surface area contributed by atoms with Gasteiger partial charge in [-0.1, -0.05) is 24.3 Å². The van der Waals surface area contributed by atoms with Crippen molar-refractivity contribution in [3.05, 3.63) is 65.0 Å². The number of hydrogen-bond acceptors (Lipinski definition) is 4. The molecule has 0 amide bonds. The number of fused-ring (bicyclic) bond motifs is 1. The highest BCUT2D eigenvalue weighted by atomic mass is 16.3. The number of aromatic nitrogens is 1. The standard InChI is InChI=1S/C22H26N2O2/c1-15-6-7-19(14-23-15)22(26)16-8-10-24(11-9-16)20-12-17-4-2-3-5-18(17)13-21(20)25/h2-7,14,16,20-21,25H,8-13H2,1H3/t20-,21-/m0/s1. The van der Waals surface area contributed by atoms with E-state index in [1.165, 1.54) is 11.1 Å². The molecule has 26 heavy (non-hydrogen) atoms. The molecule has 4 heteroatoms. The summed E-state index contributed by atoms with van der Waals surface area (Å²) in [6, 6.07) is 12.4. The zero-order valence-corrected chi connectivity index (χ0v) is 15.3. The van der Waals surface area contributed by atoms with Crippen LogP contribution in [-0.2, 0) is 12.8 Å². The second kappa shape index (κ2) is 7.29. The molecule has 1 aliphatic carbocycles. The second-order valence-corrected chi connectivity index (χ2v) is 7.67. The normalized spacial score (nSPS) is 24.2. The van der Waals surface area contributed by atoms with Gasteiger partial charge in [-0.3, -0.25) is 14.7 Å². The second-order valence-electron chi connectivity index (χ2n) is 7.67. The molecule has 0 saturated carbocycles. The highest BCUT2D eigenvalue weighted by molar-refractivity contribution is 5.97. The monoisotopic (exact) mass is 350 g/mol. The van der Waals surface area contributed by atoms with Gasteiger partial charge >= 0.3 is 0 Å². The van der Waals surface area contributed by atoms with Gasteiger partial charge < -0.3 is 5.11 Å². The van der Waals surface area contributed by atoms with E-state index in [4.69, 9.17) is 0 Å². The molecular formula is C22H26N2O2. The van der Waals surface area contributed by atoms with Crippen molar-refractivity contribution in [3.63, 3.8) is 0 Å². The fourth-order valence-corrected chi connectivity index (χ4v) is 4.39. The van der Waals surface area contributed by atoms with Crippen LogP contribution in [0.2, 0.25) is 0 Å². The van der Waals surface area contributed by atoms with Gasteiger partial charge in [-0.25, -0.2) is 0 Å². The van der Waals surface area contributed by atoms with E-state index in [0.29, 0.717) is 0 Å².